The number of nitrogens with one attached hydrogen (secondary N) is 1. The first kappa shape index (κ1) is 12.1. The minimum Gasteiger partial charge on any atom is -0.385 e. The van der Waals surface area contributed by atoms with Crippen molar-refractivity contribution in [1.29, 1.82) is 0 Å². The Hall–Kier alpha value is -1.39. The van der Waals surface area contributed by atoms with Crippen molar-refractivity contribution in [3.05, 3.63) is 30.5 Å². The molecule has 0 amide bonds. The van der Waals surface area contributed by atoms with Crippen LogP contribution in [-0.2, 0) is 11.3 Å². The molecule has 4 nitrogen and oxygen atoms in total. The van der Waals surface area contributed by atoms with Gasteiger partial charge in [0.05, 0.1) is 18.3 Å². The monoisotopic (exact) mass is 233 g/mol. The maximum Gasteiger partial charge on any atom is 0.0682 e. The summed E-state index contributed by atoms with van der Waals surface area (Å²) in [4.78, 5) is 0. The molecule has 0 fully saturated rings. The molecule has 1 heterocycles. The first-order chi connectivity index (χ1) is 8.42. The molecule has 0 aliphatic carbocycles. The van der Waals surface area contributed by atoms with Crippen molar-refractivity contribution in [1.82, 2.24) is 15.1 Å². The summed E-state index contributed by atoms with van der Waals surface area (Å²) in [5, 5.41) is 8.96. The van der Waals surface area contributed by atoms with Crippen molar-refractivity contribution in [3.63, 3.8) is 0 Å². The van der Waals surface area contributed by atoms with Crippen LogP contribution in [0.2, 0.25) is 0 Å². The van der Waals surface area contributed by atoms with E-state index in [4.69, 9.17) is 4.74 Å². The zero-order chi connectivity index (χ0) is 11.9. The molecule has 17 heavy (non-hydrogen) atoms. The lowest BCUT2D eigenvalue weighted by atomic mass is 10.2. The third kappa shape index (κ3) is 3.28. The van der Waals surface area contributed by atoms with E-state index in [1.165, 1.54) is 10.9 Å². The first-order valence-electron chi connectivity index (χ1n) is 6.02. The lowest BCUT2D eigenvalue weighted by Gasteiger charge is -2.05. The summed E-state index contributed by atoms with van der Waals surface area (Å²) in [5.74, 6) is 0. The number of aromatic nitrogens is 2. The average Bonchev–Trinajstić information content (AvgIpc) is 2.77. The maximum absolute atomic E-state index is 4.99. The van der Waals surface area contributed by atoms with Crippen molar-refractivity contribution < 1.29 is 4.74 Å². The molecule has 0 saturated carbocycles. The third-order valence-electron chi connectivity index (χ3n) is 2.75. The van der Waals surface area contributed by atoms with Crippen molar-refractivity contribution >= 4 is 10.9 Å². The lowest BCUT2D eigenvalue weighted by molar-refractivity contribution is 0.194. The normalized spacial score (nSPS) is 11.1. The Balaban J connectivity index is 1.79. The molecule has 0 saturated heterocycles. The van der Waals surface area contributed by atoms with E-state index < -0.39 is 0 Å². The fraction of sp³-hybridized carbons (Fsp3) is 0.462. The van der Waals surface area contributed by atoms with Crippen LogP contribution in [0.25, 0.3) is 10.9 Å². The van der Waals surface area contributed by atoms with E-state index in [9.17, 15) is 0 Å². The average molecular weight is 233 g/mol. The zero-order valence-electron chi connectivity index (χ0n) is 10.2. The van der Waals surface area contributed by atoms with Gasteiger partial charge in [0, 0.05) is 25.6 Å². The van der Waals surface area contributed by atoms with Gasteiger partial charge >= 0.3 is 0 Å². The van der Waals surface area contributed by atoms with E-state index >= 15 is 0 Å². The SMILES string of the molecule is COCCCNCCn1ncc2ccccc21. The second-order valence-electron chi connectivity index (χ2n) is 4.02. The topological polar surface area (TPSA) is 39.1 Å². The molecule has 4 heteroatoms. The third-order valence-corrected chi connectivity index (χ3v) is 2.75. The minimum atomic E-state index is 0.817. The number of ether oxygens (including phenoxy) is 1. The summed E-state index contributed by atoms with van der Waals surface area (Å²) >= 11 is 0. The van der Waals surface area contributed by atoms with E-state index in [0.29, 0.717) is 0 Å². The first-order valence-corrected chi connectivity index (χ1v) is 6.02. The van der Waals surface area contributed by atoms with Crippen LogP contribution in [0, 0.1) is 0 Å². The Bertz CT molecular complexity index is 453. The summed E-state index contributed by atoms with van der Waals surface area (Å²) in [6.07, 6.45) is 2.97. The van der Waals surface area contributed by atoms with Crippen molar-refractivity contribution in [2.45, 2.75) is 13.0 Å². The summed E-state index contributed by atoms with van der Waals surface area (Å²) in [7, 11) is 1.73. The van der Waals surface area contributed by atoms with Gasteiger partial charge in [-0.1, -0.05) is 18.2 Å². The van der Waals surface area contributed by atoms with Gasteiger partial charge in [-0.15, -0.1) is 0 Å². The van der Waals surface area contributed by atoms with Gasteiger partial charge in [-0.05, 0) is 19.0 Å². The number of hydrogen-bond donors (Lipinski definition) is 1. The predicted molar refractivity (Wildman–Crippen MR) is 69.1 cm³/mol. The van der Waals surface area contributed by atoms with Gasteiger partial charge in [0.15, 0.2) is 0 Å². The smallest absolute Gasteiger partial charge is 0.0682 e. The Morgan fingerprint density at radius 1 is 1.29 bits per heavy atom. The number of methoxy groups -OCH3 is 1. The number of hydrogen-bond acceptors (Lipinski definition) is 3. The second-order valence-corrected chi connectivity index (χ2v) is 4.02. The van der Waals surface area contributed by atoms with Crippen LogP contribution in [0.3, 0.4) is 0 Å². The van der Waals surface area contributed by atoms with Crippen LogP contribution >= 0.6 is 0 Å². The number of nitrogens with zero attached hydrogens (tertiary/aromatic N) is 2. The van der Waals surface area contributed by atoms with Crippen LogP contribution in [0.15, 0.2) is 30.5 Å². The van der Waals surface area contributed by atoms with E-state index in [1.807, 2.05) is 23.0 Å². The molecule has 0 radical (unpaired) electrons. The standard InChI is InChI=1S/C13H19N3O/c1-17-10-4-7-14-8-9-16-13-6-3-2-5-12(13)11-15-16/h2-3,5-6,11,14H,4,7-10H2,1H3. The molecule has 92 valence electrons. The van der Waals surface area contributed by atoms with Crippen molar-refractivity contribution in [2.24, 2.45) is 0 Å². The minimum absolute atomic E-state index is 0.817. The Morgan fingerprint density at radius 3 is 3.06 bits per heavy atom. The Morgan fingerprint density at radius 2 is 2.18 bits per heavy atom. The van der Waals surface area contributed by atoms with Crippen LogP contribution in [-0.4, -0.2) is 36.6 Å². The van der Waals surface area contributed by atoms with E-state index in [2.05, 4.69) is 22.5 Å². The molecule has 0 bridgehead atoms. The highest BCUT2D eigenvalue weighted by Gasteiger charge is 2.00. The molecular formula is C13H19N3O. The van der Waals surface area contributed by atoms with E-state index in [1.54, 1.807) is 7.11 Å². The van der Waals surface area contributed by atoms with Crippen molar-refractivity contribution in [3.8, 4) is 0 Å². The van der Waals surface area contributed by atoms with Gasteiger partial charge in [0.1, 0.15) is 0 Å². The molecule has 0 atom stereocenters. The van der Waals surface area contributed by atoms with Gasteiger partial charge in [-0.3, -0.25) is 4.68 Å². The van der Waals surface area contributed by atoms with Gasteiger partial charge in [-0.25, -0.2) is 0 Å². The molecule has 1 N–H and O–H groups in total. The molecule has 2 rings (SSSR count). The highest BCUT2D eigenvalue weighted by Crippen LogP contribution is 2.11. The molecule has 0 aliphatic heterocycles. The van der Waals surface area contributed by atoms with Gasteiger partial charge in [-0.2, -0.15) is 5.10 Å². The van der Waals surface area contributed by atoms with E-state index in [0.717, 1.165) is 32.7 Å². The number of para-hydroxylation sites is 1. The van der Waals surface area contributed by atoms with Gasteiger partial charge in [0.2, 0.25) is 0 Å². The summed E-state index contributed by atoms with van der Waals surface area (Å²) in [6, 6.07) is 8.28. The van der Waals surface area contributed by atoms with Crippen LogP contribution in [0.4, 0.5) is 0 Å². The molecule has 2 aromatic rings. The highest BCUT2D eigenvalue weighted by atomic mass is 16.5. The molecule has 0 unspecified atom stereocenters. The molecule has 0 aliphatic rings. The number of fused-ring (bicyclic) bond motifs is 1. The Kier molecular flexibility index (Phi) is 4.53. The van der Waals surface area contributed by atoms with Crippen LogP contribution < -0.4 is 5.32 Å². The summed E-state index contributed by atoms with van der Waals surface area (Å²) < 4.78 is 7.03. The van der Waals surface area contributed by atoms with Gasteiger partial charge < -0.3 is 10.1 Å². The molecule has 0 spiro atoms. The molecule has 1 aromatic carbocycles. The quantitative estimate of drug-likeness (QED) is 0.739. The second kappa shape index (κ2) is 6.37. The summed E-state index contributed by atoms with van der Waals surface area (Å²) in [6.45, 7) is 3.65. The van der Waals surface area contributed by atoms with E-state index in [-0.39, 0.29) is 0 Å². The fourth-order valence-corrected chi connectivity index (χ4v) is 1.86. The summed E-state index contributed by atoms with van der Waals surface area (Å²) in [5.41, 5.74) is 1.20. The molecule has 1 aromatic heterocycles. The van der Waals surface area contributed by atoms with Crippen LogP contribution in [0.1, 0.15) is 6.42 Å². The van der Waals surface area contributed by atoms with Crippen LogP contribution in [0.5, 0.6) is 0 Å². The van der Waals surface area contributed by atoms with Gasteiger partial charge in [0.25, 0.3) is 0 Å². The number of rotatable bonds is 7. The largest absolute Gasteiger partial charge is 0.385 e. The lowest BCUT2D eigenvalue weighted by Crippen LogP contribution is -2.22. The maximum atomic E-state index is 4.99. The molecular weight excluding hydrogens is 214 g/mol. The Labute approximate surface area is 102 Å². The predicted octanol–water partition coefficient (Wildman–Crippen LogP) is 1.66. The highest BCUT2D eigenvalue weighted by molar-refractivity contribution is 5.78. The fourth-order valence-electron chi connectivity index (χ4n) is 1.86. The zero-order valence-corrected chi connectivity index (χ0v) is 10.2. The van der Waals surface area contributed by atoms with Crippen molar-refractivity contribution in [2.75, 3.05) is 26.8 Å². The number of benzene rings is 1.